The molecule has 132 valence electrons. The van der Waals surface area contributed by atoms with Gasteiger partial charge in [-0.25, -0.2) is 4.98 Å². The average molecular weight is 346 g/mol. The van der Waals surface area contributed by atoms with Crippen molar-refractivity contribution < 1.29 is 0 Å². The molecule has 0 aliphatic rings. The molecular weight excluding hydrogens is 324 g/mol. The zero-order valence-corrected chi connectivity index (χ0v) is 15.2. The van der Waals surface area contributed by atoms with Crippen LogP contribution >= 0.6 is 0 Å². The summed E-state index contributed by atoms with van der Waals surface area (Å²) in [5.41, 5.74) is 4.75. The number of aromatic amines is 3. The smallest absolute Gasteiger partial charge is 0.159 e. The number of imidazole rings is 1. The van der Waals surface area contributed by atoms with Gasteiger partial charge in [-0.1, -0.05) is 30.9 Å². The number of rotatable bonds is 5. The van der Waals surface area contributed by atoms with Gasteiger partial charge < -0.3 is 4.98 Å². The number of allylic oxidation sites excluding steroid dienone is 5. The molecule has 3 rings (SSSR count). The van der Waals surface area contributed by atoms with Gasteiger partial charge in [0.1, 0.15) is 5.69 Å². The highest BCUT2D eigenvalue weighted by Crippen LogP contribution is 2.13. The fraction of sp³-hybridized carbons (Fsp3) is 0.150. The van der Waals surface area contributed by atoms with Gasteiger partial charge in [-0.15, -0.1) is 0 Å². The Labute approximate surface area is 151 Å². The van der Waals surface area contributed by atoms with E-state index in [1.165, 1.54) is 0 Å². The number of nitrogens with one attached hydrogen (secondary N) is 3. The first kappa shape index (κ1) is 17.4. The van der Waals surface area contributed by atoms with Gasteiger partial charge in [-0.3, -0.25) is 10.2 Å². The third-order valence-corrected chi connectivity index (χ3v) is 4.06. The van der Waals surface area contributed by atoms with E-state index in [0.717, 1.165) is 38.8 Å². The SMILES string of the molecule is C=c1c(-c2nc(/C=C\C=C/C)c(C)[nH]2)n[nH]/c1=C/C=C(\C)c1cn[nH]c1. The van der Waals surface area contributed by atoms with Crippen LogP contribution in [0.4, 0.5) is 0 Å². The van der Waals surface area contributed by atoms with Gasteiger partial charge in [0.15, 0.2) is 5.82 Å². The second-order valence-electron chi connectivity index (χ2n) is 5.95. The van der Waals surface area contributed by atoms with E-state index in [0.29, 0.717) is 5.82 Å². The Hall–Kier alpha value is -3.41. The third kappa shape index (κ3) is 3.64. The predicted molar refractivity (Wildman–Crippen MR) is 106 cm³/mol. The van der Waals surface area contributed by atoms with Crippen LogP contribution in [0.5, 0.6) is 0 Å². The summed E-state index contributed by atoms with van der Waals surface area (Å²) in [5, 5.41) is 15.8. The fourth-order valence-corrected chi connectivity index (χ4v) is 2.49. The van der Waals surface area contributed by atoms with Gasteiger partial charge in [-0.05, 0) is 38.5 Å². The van der Waals surface area contributed by atoms with E-state index in [-0.39, 0.29) is 0 Å². The van der Waals surface area contributed by atoms with Crippen molar-refractivity contribution in [3.05, 3.63) is 64.2 Å². The number of hydrogen-bond donors (Lipinski definition) is 3. The second kappa shape index (κ2) is 7.65. The Balaban J connectivity index is 1.93. The molecule has 0 aromatic carbocycles. The number of hydrogen-bond acceptors (Lipinski definition) is 3. The van der Waals surface area contributed by atoms with Gasteiger partial charge in [0, 0.05) is 22.7 Å². The summed E-state index contributed by atoms with van der Waals surface area (Å²) in [5.74, 6) is 0.707. The lowest BCUT2D eigenvalue weighted by molar-refractivity contribution is 1.05. The normalized spacial score (nSPS) is 13.5. The number of aryl methyl sites for hydroxylation is 1. The molecule has 3 aromatic rings. The molecule has 0 saturated heterocycles. The molecule has 0 saturated carbocycles. The first-order valence-electron chi connectivity index (χ1n) is 8.37. The van der Waals surface area contributed by atoms with Crippen molar-refractivity contribution in [3.8, 4) is 11.5 Å². The van der Waals surface area contributed by atoms with Crippen molar-refractivity contribution in [3.63, 3.8) is 0 Å². The number of H-pyrrole nitrogens is 3. The fourth-order valence-electron chi connectivity index (χ4n) is 2.49. The van der Waals surface area contributed by atoms with Crippen molar-refractivity contribution in [2.75, 3.05) is 0 Å². The first-order chi connectivity index (χ1) is 12.6. The van der Waals surface area contributed by atoms with Crippen LogP contribution in [0.1, 0.15) is 30.8 Å². The summed E-state index contributed by atoms with van der Waals surface area (Å²) < 4.78 is 0. The van der Waals surface area contributed by atoms with Gasteiger partial charge >= 0.3 is 0 Å². The second-order valence-corrected chi connectivity index (χ2v) is 5.95. The zero-order chi connectivity index (χ0) is 18.5. The highest BCUT2D eigenvalue weighted by molar-refractivity contribution is 5.68. The zero-order valence-electron chi connectivity index (χ0n) is 15.2. The lowest BCUT2D eigenvalue weighted by Gasteiger charge is -1.91. The summed E-state index contributed by atoms with van der Waals surface area (Å²) >= 11 is 0. The van der Waals surface area contributed by atoms with E-state index in [9.17, 15) is 0 Å². The van der Waals surface area contributed by atoms with Crippen LogP contribution < -0.4 is 10.6 Å². The van der Waals surface area contributed by atoms with Crippen molar-refractivity contribution in [2.24, 2.45) is 0 Å². The molecule has 0 unspecified atom stereocenters. The van der Waals surface area contributed by atoms with Crippen LogP contribution in [0.2, 0.25) is 0 Å². The van der Waals surface area contributed by atoms with Crippen molar-refractivity contribution in [1.29, 1.82) is 0 Å². The van der Waals surface area contributed by atoms with Crippen LogP contribution in [0.25, 0.3) is 35.8 Å². The molecule has 0 bridgehead atoms. The standard InChI is InChI=1S/C20H22N6/c1-5-6-7-8-18-15(4)23-20(24-18)19-14(3)17(25-26-19)10-9-13(2)16-11-21-22-12-16/h5-12,25H,3H2,1-2,4H3,(H,21,22)(H,23,24)/b6-5-,8-7-,13-9+,17-10+. The minimum Gasteiger partial charge on any atom is -0.340 e. The molecule has 3 N–H and O–H groups in total. The van der Waals surface area contributed by atoms with Crippen LogP contribution in [-0.4, -0.2) is 30.4 Å². The molecule has 3 aromatic heterocycles. The van der Waals surface area contributed by atoms with Crippen LogP contribution in [0, 0.1) is 6.92 Å². The topological polar surface area (TPSA) is 86.0 Å². The first-order valence-corrected chi connectivity index (χ1v) is 8.37. The molecule has 0 amide bonds. The number of nitrogens with zero attached hydrogens (tertiary/aromatic N) is 3. The Morgan fingerprint density at radius 2 is 2.12 bits per heavy atom. The molecule has 0 aliphatic heterocycles. The largest absolute Gasteiger partial charge is 0.340 e. The molecule has 26 heavy (non-hydrogen) atoms. The van der Waals surface area contributed by atoms with E-state index in [4.69, 9.17) is 0 Å². The minimum atomic E-state index is 0.707. The summed E-state index contributed by atoms with van der Waals surface area (Å²) in [6.07, 6.45) is 15.5. The van der Waals surface area contributed by atoms with Crippen molar-refractivity contribution in [1.82, 2.24) is 30.4 Å². The third-order valence-electron chi connectivity index (χ3n) is 4.06. The van der Waals surface area contributed by atoms with E-state index in [2.05, 4.69) is 36.9 Å². The molecule has 0 radical (unpaired) electrons. The quantitative estimate of drug-likeness (QED) is 0.621. The molecule has 0 atom stereocenters. The number of aromatic nitrogens is 6. The molecule has 0 aliphatic carbocycles. The van der Waals surface area contributed by atoms with E-state index < -0.39 is 0 Å². The summed E-state index contributed by atoms with van der Waals surface area (Å²) in [7, 11) is 0. The van der Waals surface area contributed by atoms with Crippen LogP contribution in [-0.2, 0) is 0 Å². The molecule has 6 heteroatoms. The van der Waals surface area contributed by atoms with Crippen LogP contribution in [0.3, 0.4) is 0 Å². The van der Waals surface area contributed by atoms with E-state index in [1.807, 2.05) is 63.4 Å². The summed E-state index contributed by atoms with van der Waals surface area (Å²) in [6.45, 7) is 10.1. The van der Waals surface area contributed by atoms with Gasteiger partial charge in [0.2, 0.25) is 0 Å². The van der Waals surface area contributed by atoms with Gasteiger partial charge in [0.05, 0.1) is 17.2 Å². The highest BCUT2D eigenvalue weighted by atomic mass is 15.1. The Morgan fingerprint density at radius 3 is 2.85 bits per heavy atom. The lowest BCUT2D eigenvalue weighted by atomic mass is 10.1. The highest BCUT2D eigenvalue weighted by Gasteiger charge is 2.10. The summed E-state index contributed by atoms with van der Waals surface area (Å²) in [6, 6.07) is 0. The Morgan fingerprint density at radius 1 is 1.27 bits per heavy atom. The van der Waals surface area contributed by atoms with Gasteiger partial charge in [-0.2, -0.15) is 10.2 Å². The van der Waals surface area contributed by atoms with Crippen LogP contribution in [0.15, 0.2) is 36.7 Å². The monoisotopic (exact) mass is 346 g/mol. The lowest BCUT2D eigenvalue weighted by Crippen LogP contribution is -2.21. The molecule has 6 nitrogen and oxygen atoms in total. The molecule has 0 fully saturated rings. The van der Waals surface area contributed by atoms with Gasteiger partial charge in [0.25, 0.3) is 0 Å². The van der Waals surface area contributed by atoms with Crippen molar-refractivity contribution in [2.45, 2.75) is 20.8 Å². The maximum absolute atomic E-state index is 4.62. The maximum atomic E-state index is 4.62. The molecule has 3 heterocycles. The predicted octanol–water partition coefficient (Wildman–Crippen LogP) is 2.71. The Kier molecular flexibility index (Phi) is 5.12. The maximum Gasteiger partial charge on any atom is 0.159 e. The Bertz CT molecular complexity index is 1070. The van der Waals surface area contributed by atoms with E-state index in [1.54, 1.807) is 6.20 Å². The minimum absolute atomic E-state index is 0.707. The molecular formula is C20H22N6. The summed E-state index contributed by atoms with van der Waals surface area (Å²) in [4.78, 5) is 7.90. The van der Waals surface area contributed by atoms with Crippen molar-refractivity contribution >= 4 is 24.3 Å². The van der Waals surface area contributed by atoms with E-state index >= 15 is 0 Å². The average Bonchev–Trinajstić information content (AvgIpc) is 3.35. The molecule has 0 spiro atoms.